The predicted octanol–water partition coefficient (Wildman–Crippen LogP) is 3.41. The molecule has 1 saturated carbocycles. The highest BCUT2D eigenvalue weighted by molar-refractivity contribution is 7.21. The molecule has 222 valence electrons. The number of nitrogens with zero attached hydrogens (tertiary/aromatic N) is 5. The lowest BCUT2D eigenvalue weighted by Gasteiger charge is -2.30. The van der Waals surface area contributed by atoms with E-state index in [1.165, 1.54) is 33.1 Å². The van der Waals surface area contributed by atoms with Crippen molar-refractivity contribution in [3.63, 3.8) is 0 Å². The second-order valence-electron chi connectivity index (χ2n) is 10.8. The topological polar surface area (TPSA) is 140 Å². The van der Waals surface area contributed by atoms with Gasteiger partial charge in [0.25, 0.3) is 5.56 Å². The smallest absolute Gasteiger partial charge is 0.333 e. The summed E-state index contributed by atoms with van der Waals surface area (Å²) >= 11 is 1.22. The second kappa shape index (κ2) is 11.5. The Morgan fingerprint density at radius 3 is 2.52 bits per heavy atom. The van der Waals surface area contributed by atoms with Gasteiger partial charge in [-0.2, -0.15) is 10.2 Å². The van der Waals surface area contributed by atoms with E-state index in [9.17, 15) is 19.5 Å². The third-order valence-corrected chi connectivity index (χ3v) is 9.68. The van der Waals surface area contributed by atoms with Crippen molar-refractivity contribution in [1.82, 2.24) is 24.1 Å². The minimum atomic E-state index is -1.62. The summed E-state index contributed by atoms with van der Waals surface area (Å²) in [7, 11) is 1.58. The molecule has 6 rings (SSSR count). The maximum absolute atomic E-state index is 14.4. The van der Waals surface area contributed by atoms with Crippen molar-refractivity contribution in [2.45, 2.75) is 69.7 Å². The number of aryl methyl sites for hydroxylation is 1. The Balaban J connectivity index is 1.60. The molecule has 0 unspecified atom stereocenters. The molecule has 0 bridgehead atoms. The number of methoxy groups -OCH3 is 1. The van der Waals surface area contributed by atoms with Crippen molar-refractivity contribution in [2.24, 2.45) is 0 Å². The van der Waals surface area contributed by atoms with Gasteiger partial charge >= 0.3 is 11.7 Å². The number of carbonyl (C=O) groups is 1. The van der Waals surface area contributed by atoms with Gasteiger partial charge in [0.1, 0.15) is 27.2 Å². The van der Waals surface area contributed by atoms with Crippen LogP contribution in [-0.4, -0.2) is 61.6 Å². The van der Waals surface area contributed by atoms with Crippen molar-refractivity contribution >= 4 is 27.5 Å². The van der Waals surface area contributed by atoms with Crippen LogP contribution < -0.4 is 16.0 Å². The van der Waals surface area contributed by atoms with Gasteiger partial charge in [-0.1, -0.05) is 42.4 Å². The zero-order chi connectivity index (χ0) is 29.4. The van der Waals surface area contributed by atoms with E-state index >= 15 is 0 Å². The fourth-order valence-corrected chi connectivity index (χ4v) is 7.45. The van der Waals surface area contributed by atoms with Gasteiger partial charge in [0.05, 0.1) is 37.5 Å². The number of rotatable bonds is 9. The first-order chi connectivity index (χ1) is 20.4. The number of carboxylic acids is 1. The monoisotopic (exact) mass is 595 g/mol. The molecule has 42 heavy (non-hydrogen) atoms. The fraction of sp³-hybridized carbons (Fsp3) is 0.483. The van der Waals surface area contributed by atoms with Gasteiger partial charge in [-0.05, 0) is 38.7 Å². The van der Waals surface area contributed by atoms with E-state index in [2.05, 4.69) is 10.2 Å². The largest absolute Gasteiger partial charge is 0.496 e. The Hall–Kier alpha value is -3.81. The first-order valence-electron chi connectivity index (χ1n) is 14.1. The third-order valence-electron chi connectivity index (χ3n) is 8.40. The van der Waals surface area contributed by atoms with Gasteiger partial charge in [-0.3, -0.25) is 9.36 Å². The summed E-state index contributed by atoms with van der Waals surface area (Å²) in [5.41, 5.74) is -1.57. The van der Waals surface area contributed by atoms with Gasteiger partial charge in [0.15, 0.2) is 0 Å². The van der Waals surface area contributed by atoms with Gasteiger partial charge in [-0.15, -0.1) is 4.80 Å². The van der Waals surface area contributed by atoms with Crippen LogP contribution in [0.3, 0.4) is 0 Å². The van der Waals surface area contributed by atoms with Crippen LogP contribution in [-0.2, 0) is 26.4 Å². The molecular weight excluding hydrogens is 562 g/mol. The summed E-state index contributed by atoms with van der Waals surface area (Å²) in [6, 6.07) is 7.48. The SMILES string of the molecule is COc1ccccc1[C@H](Cn1c(=O)n(C2(C(=O)O)CCCC2)c(=O)c2c(C)c(-n3nccn3)sc21)OC1CCOCC1. The molecule has 1 saturated heterocycles. The van der Waals surface area contributed by atoms with Crippen LogP contribution in [0.25, 0.3) is 15.2 Å². The molecule has 1 aromatic carbocycles. The molecule has 1 aliphatic heterocycles. The second-order valence-corrected chi connectivity index (χ2v) is 11.8. The Bertz CT molecular complexity index is 1710. The van der Waals surface area contributed by atoms with Crippen LogP contribution in [0.5, 0.6) is 5.75 Å². The predicted molar refractivity (Wildman–Crippen MR) is 155 cm³/mol. The summed E-state index contributed by atoms with van der Waals surface area (Å²) in [6.07, 6.45) is 5.35. The lowest BCUT2D eigenvalue weighted by atomic mass is 9.97. The van der Waals surface area contributed by atoms with E-state index in [-0.39, 0.29) is 30.9 Å². The van der Waals surface area contributed by atoms with E-state index in [0.717, 1.165) is 10.1 Å². The van der Waals surface area contributed by atoms with Crippen LogP contribution in [0, 0.1) is 6.92 Å². The molecule has 13 heteroatoms. The molecule has 0 amide bonds. The number of hydrogen-bond donors (Lipinski definition) is 1. The quantitative estimate of drug-likeness (QED) is 0.308. The highest BCUT2D eigenvalue weighted by Crippen LogP contribution is 2.38. The van der Waals surface area contributed by atoms with Crippen molar-refractivity contribution in [2.75, 3.05) is 20.3 Å². The van der Waals surface area contributed by atoms with Crippen molar-refractivity contribution in [3.8, 4) is 10.8 Å². The van der Waals surface area contributed by atoms with E-state index < -0.39 is 28.9 Å². The summed E-state index contributed by atoms with van der Waals surface area (Å²) in [5, 5.41) is 19.8. The summed E-state index contributed by atoms with van der Waals surface area (Å²) in [6.45, 7) is 2.96. The summed E-state index contributed by atoms with van der Waals surface area (Å²) < 4.78 is 20.3. The van der Waals surface area contributed by atoms with Crippen LogP contribution in [0.15, 0.2) is 46.2 Å². The molecular formula is C29H33N5O7S. The minimum absolute atomic E-state index is 0.0367. The highest BCUT2D eigenvalue weighted by Gasteiger charge is 2.46. The summed E-state index contributed by atoms with van der Waals surface area (Å²) in [5.74, 6) is -0.569. The lowest BCUT2D eigenvalue weighted by molar-refractivity contribution is -0.147. The summed E-state index contributed by atoms with van der Waals surface area (Å²) in [4.78, 5) is 43.2. The number of fused-ring (bicyclic) bond motifs is 1. The molecule has 2 aliphatic rings. The van der Waals surface area contributed by atoms with Crippen LogP contribution in [0.2, 0.25) is 0 Å². The number of aromatic nitrogens is 5. The average molecular weight is 596 g/mol. The first kappa shape index (κ1) is 28.3. The number of hydrogen-bond acceptors (Lipinski definition) is 9. The van der Waals surface area contributed by atoms with E-state index in [1.54, 1.807) is 14.0 Å². The third kappa shape index (κ3) is 4.74. The van der Waals surface area contributed by atoms with E-state index in [4.69, 9.17) is 14.2 Å². The van der Waals surface area contributed by atoms with Crippen molar-refractivity contribution in [1.29, 1.82) is 0 Å². The molecule has 12 nitrogen and oxygen atoms in total. The average Bonchev–Trinajstić information content (AvgIpc) is 3.77. The Labute approximate surface area is 245 Å². The first-order valence-corrected chi connectivity index (χ1v) is 14.9. The number of aliphatic carboxylic acids is 1. The molecule has 2 fully saturated rings. The zero-order valence-electron chi connectivity index (χ0n) is 23.5. The normalized spacial score (nSPS) is 18.0. The highest BCUT2D eigenvalue weighted by atomic mass is 32.1. The number of ether oxygens (including phenoxy) is 3. The maximum Gasteiger partial charge on any atom is 0.333 e. The van der Waals surface area contributed by atoms with Crippen LogP contribution >= 0.6 is 11.3 Å². The van der Waals surface area contributed by atoms with Gasteiger partial charge in [0, 0.05) is 24.3 Å². The molecule has 1 atom stereocenters. The molecule has 4 heterocycles. The molecule has 1 aliphatic carbocycles. The molecule has 4 aromatic rings. The van der Waals surface area contributed by atoms with Gasteiger partial charge < -0.3 is 19.3 Å². The fourth-order valence-electron chi connectivity index (χ4n) is 6.23. The number of thiophene rings is 1. The molecule has 0 spiro atoms. The van der Waals surface area contributed by atoms with E-state index in [0.29, 0.717) is 60.0 Å². The van der Waals surface area contributed by atoms with E-state index in [1.807, 2.05) is 24.3 Å². The Kier molecular flexibility index (Phi) is 7.73. The number of para-hydroxylation sites is 1. The van der Waals surface area contributed by atoms with Gasteiger partial charge in [0.2, 0.25) is 0 Å². The van der Waals surface area contributed by atoms with Crippen molar-refractivity contribution in [3.05, 3.63) is 68.6 Å². The van der Waals surface area contributed by atoms with Crippen LogP contribution in [0.4, 0.5) is 0 Å². The van der Waals surface area contributed by atoms with Gasteiger partial charge in [-0.25, -0.2) is 14.2 Å². The van der Waals surface area contributed by atoms with Crippen LogP contribution in [0.1, 0.15) is 55.8 Å². The molecule has 1 N–H and O–H groups in total. The standard InChI is InChI=1S/C29H33N5O7S/c1-18-23-24(35)33(29(27(36)37)11-5-6-12-29)28(38)32(26(23)42-25(18)34-30-13-14-31-34)17-22(41-19-9-15-40-16-10-19)20-7-3-4-8-21(20)39-2/h3-4,7-8,13-14,19,22H,5-6,9-12,15-17H2,1-2H3,(H,36,37)/t22-/m0/s1. The Morgan fingerprint density at radius 1 is 1.17 bits per heavy atom. The maximum atomic E-state index is 14.4. The minimum Gasteiger partial charge on any atom is -0.496 e. The van der Waals surface area contributed by atoms with Crippen molar-refractivity contribution < 1.29 is 24.1 Å². The Morgan fingerprint density at radius 2 is 1.86 bits per heavy atom. The lowest BCUT2D eigenvalue weighted by Crippen LogP contribution is -2.54. The number of benzene rings is 1. The molecule has 0 radical (unpaired) electrons. The molecule has 3 aromatic heterocycles. The zero-order valence-corrected chi connectivity index (χ0v) is 24.3. The number of carboxylic acid groups (broad SMARTS) is 1.